The van der Waals surface area contributed by atoms with Gasteiger partial charge in [0.15, 0.2) is 0 Å². The third-order valence-corrected chi connectivity index (χ3v) is 1.87. The van der Waals surface area contributed by atoms with E-state index < -0.39 is 5.60 Å². The Morgan fingerprint density at radius 1 is 1.45 bits per heavy atom. The molecule has 0 bridgehead atoms. The number of hydrogen-bond acceptors (Lipinski definition) is 3. The zero-order valence-corrected chi connectivity index (χ0v) is 6.63. The van der Waals surface area contributed by atoms with E-state index >= 15 is 0 Å². The van der Waals surface area contributed by atoms with E-state index in [2.05, 4.69) is 0 Å². The Hall–Kier alpha value is -0.960. The normalized spacial score (nSPS) is 32.1. The second-order valence-electron chi connectivity index (χ2n) is 3.15. The van der Waals surface area contributed by atoms with E-state index in [0.29, 0.717) is 5.57 Å². The highest BCUT2D eigenvalue weighted by Crippen LogP contribution is 2.29. The molecule has 0 aromatic carbocycles. The van der Waals surface area contributed by atoms with Crippen LogP contribution in [0.25, 0.3) is 0 Å². The summed E-state index contributed by atoms with van der Waals surface area (Å²) in [6.07, 6.45) is 1.46. The Morgan fingerprint density at radius 3 is 2.45 bits per heavy atom. The van der Waals surface area contributed by atoms with E-state index in [1.54, 1.807) is 6.92 Å². The molecule has 1 atom stereocenters. The molecule has 0 aromatic heterocycles. The summed E-state index contributed by atoms with van der Waals surface area (Å²) in [7, 11) is 0. The first kappa shape index (κ1) is 8.14. The molecule has 1 rings (SSSR count). The van der Waals surface area contributed by atoms with E-state index in [0.717, 1.165) is 0 Å². The van der Waals surface area contributed by atoms with E-state index in [9.17, 15) is 5.11 Å². The summed E-state index contributed by atoms with van der Waals surface area (Å²) in [5.41, 5.74) is -0.524. The molecule has 3 N–H and O–H groups in total. The molecule has 3 nitrogen and oxygen atoms in total. The van der Waals surface area contributed by atoms with Crippen molar-refractivity contribution < 1.29 is 15.3 Å². The van der Waals surface area contributed by atoms with Gasteiger partial charge in [-0.1, -0.05) is 0 Å². The largest absolute Gasteiger partial charge is 0.509 e. The van der Waals surface area contributed by atoms with Gasteiger partial charge < -0.3 is 15.3 Å². The first-order valence-electron chi connectivity index (χ1n) is 3.46. The molecule has 0 amide bonds. The molecular weight excluding hydrogens is 144 g/mol. The topological polar surface area (TPSA) is 60.7 Å². The predicted molar refractivity (Wildman–Crippen MR) is 41.3 cm³/mol. The third kappa shape index (κ3) is 1.38. The summed E-state index contributed by atoms with van der Waals surface area (Å²) in [5, 5.41) is 27.7. The van der Waals surface area contributed by atoms with Crippen LogP contribution in [0, 0.1) is 0 Å². The highest BCUT2D eigenvalue weighted by Gasteiger charge is 2.30. The first-order valence-corrected chi connectivity index (χ1v) is 3.46. The number of aliphatic hydroxyl groups excluding tert-OH is 2. The second-order valence-corrected chi connectivity index (χ2v) is 3.15. The van der Waals surface area contributed by atoms with Gasteiger partial charge >= 0.3 is 0 Å². The van der Waals surface area contributed by atoms with Crippen LogP contribution in [-0.2, 0) is 0 Å². The standard InChI is InChI=1S/C8H12O3/c1-5-4-8(2,11)7(10)3-6(5)9/h3,9-11H,4H2,1-2H3. The molecule has 0 spiro atoms. The minimum atomic E-state index is -1.21. The van der Waals surface area contributed by atoms with E-state index in [1.807, 2.05) is 0 Å². The molecule has 11 heavy (non-hydrogen) atoms. The van der Waals surface area contributed by atoms with E-state index in [1.165, 1.54) is 13.0 Å². The molecule has 0 fully saturated rings. The lowest BCUT2D eigenvalue weighted by atomic mass is 9.90. The number of hydrogen-bond donors (Lipinski definition) is 3. The maximum Gasteiger partial charge on any atom is 0.128 e. The minimum Gasteiger partial charge on any atom is -0.509 e. The Balaban J connectivity index is 3.01. The fraction of sp³-hybridized carbons (Fsp3) is 0.500. The fourth-order valence-corrected chi connectivity index (χ4v) is 1.11. The van der Waals surface area contributed by atoms with Crippen molar-refractivity contribution in [2.75, 3.05) is 0 Å². The van der Waals surface area contributed by atoms with Gasteiger partial charge in [-0.2, -0.15) is 0 Å². The molecule has 0 aromatic rings. The molecule has 0 aliphatic heterocycles. The molecule has 1 aliphatic rings. The van der Waals surface area contributed by atoms with Crippen LogP contribution in [0.5, 0.6) is 0 Å². The molecule has 0 saturated carbocycles. The Kier molecular flexibility index (Phi) is 1.68. The lowest BCUT2D eigenvalue weighted by Crippen LogP contribution is -2.29. The van der Waals surface area contributed by atoms with Crippen molar-refractivity contribution in [1.29, 1.82) is 0 Å². The van der Waals surface area contributed by atoms with Crippen molar-refractivity contribution >= 4 is 0 Å². The molecule has 62 valence electrons. The quantitative estimate of drug-likeness (QED) is 0.497. The maximum absolute atomic E-state index is 9.47. The van der Waals surface area contributed by atoms with Crippen molar-refractivity contribution in [2.45, 2.75) is 25.9 Å². The summed E-state index contributed by atoms with van der Waals surface area (Å²) >= 11 is 0. The van der Waals surface area contributed by atoms with Gasteiger partial charge in [-0.3, -0.25) is 0 Å². The minimum absolute atomic E-state index is 0.0500. The van der Waals surface area contributed by atoms with Crippen LogP contribution in [0.3, 0.4) is 0 Å². The van der Waals surface area contributed by atoms with Gasteiger partial charge in [-0.15, -0.1) is 0 Å². The average molecular weight is 156 g/mol. The first-order chi connectivity index (χ1) is 4.93. The number of allylic oxidation sites excluding steroid dienone is 1. The monoisotopic (exact) mass is 156 g/mol. The van der Waals surface area contributed by atoms with Gasteiger partial charge in [0.05, 0.1) is 0 Å². The zero-order valence-electron chi connectivity index (χ0n) is 6.63. The van der Waals surface area contributed by atoms with Crippen LogP contribution in [0.2, 0.25) is 0 Å². The van der Waals surface area contributed by atoms with E-state index in [-0.39, 0.29) is 17.9 Å². The van der Waals surface area contributed by atoms with E-state index in [4.69, 9.17) is 10.2 Å². The molecular formula is C8H12O3. The maximum atomic E-state index is 9.47. The van der Waals surface area contributed by atoms with Gasteiger partial charge in [0.25, 0.3) is 0 Å². The second kappa shape index (κ2) is 2.27. The van der Waals surface area contributed by atoms with Gasteiger partial charge in [0.2, 0.25) is 0 Å². The predicted octanol–water partition coefficient (Wildman–Crippen LogP) is 1.42. The van der Waals surface area contributed by atoms with Gasteiger partial charge in [-0.05, 0) is 19.4 Å². The van der Waals surface area contributed by atoms with Crippen LogP contribution in [0.4, 0.5) is 0 Å². The summed E-state index contributed by atoms with van der Waals surface area (Å²) in [4.78, 5) is 0. The van der Waals surface area contributed by atoms with Crippen LogP contribution >= 0.6 is 0 Å². The lowest BCUT2D eigenvalue weighted by Gasteiger charge is -2.26. The Labute approximate surface area is 65.3 Å². The fourth-order valence-electron chi connectivity index (χ4n) is 1.11. The molecule has 0 heterocycles. The average Bonchev–Trinajstić information content (AvgIpc) is 1.83. The Morgan fingerprint density at radius 2 is 2.00 bits per heavy atom. The number of rotatable bonds is 0. The lowest BCUT2D eigenvalue weighted by molar-refractivity contribution is 0.0484. The van der Waals surface area contributed by atoms with Crippen molar-refractivity contribution in [3.05, 3.63) is 23.2 Å². The van der Waals surface area contributed by atoms with Crippen LogP contribution in [0.1, 0.15) is 20.3 Å². The van der Waals surface area contributed by atoms with Crippen LogP contribution in [-0.4, -0.2) is 20.9 Å². The van der Waals surface area contributed by atoms with Gasteiger partial charge in [0, 0.05) is 12.5 Å². The molecule has 1 aliphatic carbocycles. The molecule has 0 saturated heterocycles. The van der Waals surface area contributed by atoms with Crippen LogP contribution < -0.4 is 0 Å². The summed E-state index contributed by atoms with van der Waals surface area (Å²) in [6.45, 7) is 3.22. The summed E-state index contributed by atoms with van der Waals surface area (Å²) in [5.74, 6) is -0.130. The Bertz CT molecular complexity index is 236. The zero-order chi connectivity index (χ0) is 8.65. The highest BCUT2D eigenvalue weighted by atomic mass is 16.3. The van der Waals surface area contributed by atoms with Gasteiger partial charge in [-0.25, -0.2) is 0 Å². The molecule has 0 radical (unpaired) electrons. The van der Waals surface area contributed by atoms with Crippen molar-refractivity contribution in [3.63, 3.8) is 0 Å². The molecule has 3 heteroatoms. The summed E-state index contributed by atoms with van der Waals surface area (Å²) < 4.78 is 0. The van der Waals surface area contributed by atoms with Gasteiger partial charge in [0.1, 0.15) is 17.1 Å². The smallest absolute Gasteiger partial charge is 0.128 e. The molecule has 1 unspecified atom stereocenters. The van der Waals surface area contributed by atoms with Crippen molar-refractivity contribution in [3.8, 4) is 0 Å². The van der Waals surface area contributed by atoms with Crippen molar-refractivity contribution in [1.82, 2.24) is 0 Å². The summed E-state index contributed by atoms with van der Waals surface area (Å²) in [6, 6.07) is 0. The van der Waals surface area contributed by atoms with Crippen molar-refractivity contribution in [2.24, 2.45) is 0 Å². The SMILES string of the molecule is CC1=C(O)C=C(O)C(C)(O)C1. The third-order valence-electron chi connectivity index (χ3n) is 1.87. The number of aliphatic hydroxyl groups is 3. The highest BCUT2D eigenvalue weighted by molar-refractivity contribution is 5.30. The van der Waals surface area contributed by atoms with Crippen LogP contribution in [0.15, 0.2) is 23.2 Å².